The van der Waals surface area contributed by atoms with Gasteiger partial charge in [-0.15, -0.1) is 0 Å². The molecular formula is C13H17N. The van der Waals surface area contributed by atoms with Gasteiger partial charge in [0.25, 0.3) is 0 Å². The minimum atomic E-state index is 0.461. The SMILES string of the molecule is N[C@@H]1C2CC[C@@H]1Cc1ccccc1C2. The maximum atomic E-state index is 6.26. The number of hydrogen-bond donors (Lipinski definition) is 1. The highest BCUT2D eigenvalue weighted by molar-refractivity contribution is 5.30. The minimum absolute atomic E-state index is 0.461. The van der Waals surface area contributed by atoms with Crippen LogP contribution in [0.15, 0.2) is 24.3 Å². The average molecular weight is 187 g/mol. The first kappa shape index (κ1) is 8.49. The lowest BCUT2D eigenvalue weighted by Gasteiger charge is -2.15. The Morgan fingerprint density at radius 1 is 0.929 bits per heavy atom. The van der Waals surface area contributed by atoms with E-state index in [1.54, 1.807) is 11.1 Å². The number of hydrogen-bond acceptors (Lipinski definition) is 1. The van der Waals surface area contributed by atoms with E-state index >= 15 is 0 Å². The van der Waals surface area contributed by atoms with Gasteiger partial charge in [-0.05, 0) is 48.6 Å². The smallest absolute Gasteiger partial charge is 0.0102 e. The van der Waals surface area contributed by atoms with Crippen LogP contribution in [0.5, 0.6) is 0 Å². The summed E-state index contributed by atoms with van der Waals surface area (Å²) in [6, 6.07) is 9.33. The third-order valence-electron chi connectivity index (χ3n) is 4.08. The highest BCUT2D eigenvalue weighted by atomic mass is 14.7. The largest absolute Gasteiger partial charge is 0.327 e. The molecular weight excluding hydrogens is 170 g/mol. The molecule has 1 heteroatoms. The van der Waals surface area contributed by atoms with Crippen molar-refractivity contribution >= 4 is 0 Å². The van der Waals surface area contributed by atoms with Gasteiger partial charge in [0.2, 0.25) is 0 Å². The monoisotopic (exact) mass is 187 g/mol. The quantitative estimate of drug-likeness (QED) is 0.661. The van der Waals surface area contributed by atoms with Gasteiger partial charge in [-0.2, -0.15) is 0 Å². The van der Waals surface area contributed by atoms with Crippen molar-refractivity contribution in [1.82, 2.24) is 0 Å². The predicted octanol–water partition coefficient (Wildman–Crippen LogP) is 2.14. The van der Waals surface area contributed by atoms with E-state index in [1.807, 2.05) is 0 Å². The molecule has 3 rings (SSSR count). The van der Waals surface area contributed by atoms with Gasteiger partial charge in [-0.1, -0.05) is 24.3 Å². The second kappa shape index (κ2) is 3.09. The first-order valence-electron chi connectivity index (χ1n) is 5.67. The zero-order valence-corrected chi connectivity index (χ0v) is 8.45. The Labute approximate surface area is 85.3 Å². The Morgan fingerprint density at radius 2 is 1.43 bits per heavy atom. The van der Waals surface area contributed by atoms with Crippen LogP contribution in [0.4, 0.5) is 0 Å². The fraction of sp³-hybridized carbons (Fsp3) is 0.538. The number of fused-ring (bicyclic) bond motifs is 3. The van der Waals surface area contributed by atoms with E-state index in [0.29, 0.717) is 6.04 Å². The number of nitrogens with two attached hydrogens (primary N) is 1. The summed E-state index contributed by atoms with van der Waals surface area (Å²) in [4.78, 5) is 0. The molecule has 14 heavy (non-hydrogen) atoms. The van der Waals surface area contributed by atoms with Crippen molar-refractivity contribution in [1.29, 1.82) is 0 Å². The molecule has 0 radical (unpaired) electrons. The average Bonchev–Trinajstić information content (AvgIpc) is 2.44. The lowest BCUT2D eigenvalue weighted by atomic mass is 9.94. The topological polar surface area (TPSA) is 26.0 Å². The second-order valence-corrected chi connectivity index (χ2v) is 4.85. The first-order valence-corrected chi connectivity index (χ1v) is 5.67. The number of benzene rings is 1. The van der Waals surface area contributed by atoms with Crippen LogP contribution < -0.4 is 5.73 Å². The molecule has 3 atom stereocenters. The van der Waals surface area contributed by atoms with Crippen LogP contribution >= 0.6 is 0 Å². The molecule has 0 saturated heterocycles. The second-order valence-electron chi connectivity index (χ2n) is 4.85. The molecule has 1 fully saturated rings. The molecule has 1 aromatic rings. The van der Waals surface area contributed by atoms with Gasteiger partial charge in [0.05, 0.1) is 0 Å². The van der Waals surface area contributed by atoms with Gasteiger partial charge >= 0.3 is 0 Å². The van der Waals surface area contributed by atoms with Crippen molar-refractivity contribution in [2.45, 2.75) is 31.7 Å². The molecule has 0 amide bonds. The third-order valence-corrected chi connectivity index (χ3v) is 4.08. The molecule has 2 aliphatic carbocycles. The summed E-state index contributed by atoms with van der Waals surface area (Å²) in [5.41, 5.74) is 9.37. The van der Waals surface area contributed by atoms with Crippen LogP contribution in [0, 0.1) is 11.8 Å². The normalized spacial score (nSPS) is 35.1. The minimum Gasteiger partial charge on any atom is -0.327 e. The van der Waals surface area contributed by atoms with Crippen molar-refractivity contribution < 1.29 is 0 Å². The molecule has 0 heterocycles. The fourth-order valence-electron chi connectivity index (χ4n) is 3.19. The van der Waals surface area contributed by atoms with Crippen molar-refractivity contribution in [3.63, 3.8) is 0 Å². The van der Waals surface area contributed by atoms with Crippen LogP contribution in [-0.4, -0.2) is 6.04 Å². The molecule has 1 unspecified atom stereocenters. The van der Waals surface area contributed by atoms with Crippen LogP contribution in [0.25, 0.3) is 0 Å². The van der Waals surface area contributed by atoms with Crippen molar-refractivity contribution in [2.24, 2.45) is 17.6 Å². The van der Waals surface area contributed by atoms with Crippen molar-refractivity contribution in [3.05, 3.63) is 35.4 Å². The Kier molecular flexibility index (Phi) is 1.88. The Bertz CT molecular complexity index is 312. The summed E-state index contributed by atoms with van der Waals surface area (Å²) < 4.78 is 0. The molecule has 74 valence electrons. The van der Waals surface area contributed by atoms with Crippen LogP contribution in [0.2, 0.25) is 0 Å². The van der Waals surface area contributed by atoms with E-state index in [1.165, 1.54) is 25.7 Å². The third kappa shape index (κ3) is 1.19. The van der Waals surface area contributed by atoms with Gasteiger partial charge < -0.3 is 5.73 Å². The molecule has 0 spiro atoms. The lowest BCUT2D eigenvalue weighted by Crippen LogP contribution is -2.31. The van der Waals surface area contributed by atoms with Gasteiger partial charge in [0.15, 0.2) is 0 Å². The summed E-state index contributed by atoms with van der Waals surface area (Å²) in [5.74, 6) is 1.51. The van der Waals surface area contributed by atoms with Crippen molar-refractivity contribution in [3.8, 4) is 0 Å². The number of rotatable bonds is 0. The molecule has 2 bridgehead atoms. The molecule has 1 nitrogen and oxygen atoms in total. The summed E-state index contributed by atoms with van der Waals surface area (Å²) in [5, 5.41) is 0. The summed E-state index contributed by atoms with van der Waals surface area (Å²) in [6.45, 7) is 0. The van der Waals surface area contributed by atoms with E-state index in [9.17, 15) is 0 Å². The lowest BCUT2D eigenvalue weighted by molar-refractivity contribution is 0.421. The van der Waals surface area contributed by atoms with Crippen LogP contribution in [-0.2, 0) is 12.8 Å². The standard InChI is InChI=1S/C13H17N/c14-13-11-5-6-12(13)8-10-4-2-1-3-9(10)7-11/h1-4,11-13H,5-8,14H2/t11-,12?,13+/m1/s1. The Morgan fingerprint density at radius 3 is 1.93 bits per heavy atom. The molecule has 1 saturated carbocycles. The highest BCUT2D eigenvalue weighted by Crippen LogP contribution is 2.38. The van der Waals surface area contributed by atoms with E-state index in [2.05, 4.69) is 24.3 Å². The van der Waals surface area contributed by atoms with Gasteiger partial charge in [-0.25, -0.2) is 0 Å². The maximum absolute atomic E-state index is 6.26. The Balaban J connectivity index is 2.01. The molecule has 2 N–H and O–H groups in total. The van der Waals surface area contributed by atoms with E-state index in [-0.39, 0.29) is 0 Å². The van der Waals surface area contributed by atoms with Crippen molar-refractivity contribution in [2.75, 3.05) is 0 Å². The molecule has 1 aromatic carbocycles. The first-order chi connectivity index (χ1) is 6.84. The molecule has 0 aromatic heterocycles. The van der Waals surface area contributed by atoms with Gasteiger partial charge in [0, 0.05) is 6.04 Å². The Hall–Kier alpha value is -0.820. The zero-order chi connectivity index (χ0) is 9.54. The van der Waals surface area contributed by atoms with E-state index < -0.39 is 0 Å². The highest BCUT2D eigenvalue weighted by Gasteiger charge is 2.36. The van der Waals surface area contributed by atoms with E-state index in [0.717, 1.165) is 11.8 Å². The van der Waals surface area contributed by atoms with Crippen LogP contribution in [0.1, 0.15) is 24.0 Å². The predicted molar refractivity (Wildman–Crippen MR) is 58.0 cm³/mol. The van der Waals surface area contributed by atoms with Gasteiger partial charge in [-0.3, -0.25) is 0 Å². The van der Waals surface area contributed by atoms with Crippen LogP contribution in [0.3, 0.4) is 0 Å². The molecule has 0 aliphatic heterocycles. The summed E-state index contributed by atoms with van der Waals surface area (Å²) >= 11 is 0. The van der Waals surface area contributed by atoms with Gasteiger partial charge in [0.1, 0.15) is 0 Å². The molecule has 2 aliphatic rings. The summed E-state index contributed by atoms with van der Waals surface area (Å²) in [6.07, 6.45) is 5.13. The van der Waals surface area contributed by atoms with E-state index in [4.69, 9.17) is 5.73 Å². The fourth-order valence-corrected chi connectivity index (χ4v) is 3.19. The zero-order valence-electron chi connectivity index (χ0n) is 8.45. The summed E-state index contributed by atoms with van der Waals surface area (Å²) in [7, 11) is 0. The maximum Gasteiger partial charge on any atom is 0.0102 e.